The minimum Gasteiger partial charge on any atom is -0.398 e. The fraction of sp³-hybridized carbons (Fsp3) is 0.308. The molecule has 0 saturated heterocycles. The molecular formula is C13H17IN2O. The fourth-order valence-electron chi connectivity index (χ4n) is 1.67. The van der Waals surface area contributed by atoms with Crippen molar-refractivity contribution >= 4 is 39.6 Å². The van der Waals surface area contributed by atoms with Gasteiger partial charge >= 0.3 is 0 Å². The van der Waals surface area contributed by atoms with Crippen LogP contribution in [0.25, 0.3) is 5.57 Å². The number of benzene rings is 1. The molecule has 17 heavy (non-hydrogen) atoms. The van der Waals surface area contributed by atoms with Gasteiger partial charge in [0.15, 0.2) is 0 Å². The number of nitrogen functional groups attached to an aromatic ring is 1. The van der Waals surface area contributed by atoms with Crippen LogP contribution < -0.4 is 11.1 Å². The van der Waals surface area contributed by atoms with Crippen LogP contribution in [0.4, 0.5) is 5.69 Å². The maximum Gasteiger partial charge on any atom is 0.147 e. The average molecular weight is 344 g/mol. The summed E-state index contributed by atoms with van der Waals surface area (Å²) in [5.41, 5.74) is 8.77. The Morgan fingerprint density at radius 1 is 1.53 bits per heavy atom. The van der Waals surface area contributed by atoms with E-state index in [1.165, 1.54) is 0 Å². The molecule has 3 nitrogen and oxygen atoms in total. The maximum atomic E-state index is 11.4. The highest BCUT2D eigenvalue weighted by molar-refractivity contribution is 14.1. The summed E-state index contributed by atoms with van der Waals surface area (Å²) in [6, 6.07) is 7.55. The van der Waals surface area contributed by atoms with Gasteiger partial charge in [0, 0.05) is 11.3 Å². The summed E-state index contributed by atoms with van der Waals surface area (Å²) < 4.78 is 1.98. The molecular weight excluding hydrogens is 327 g/mol. The maximum absolute atomic E-state index is 11.4. The summed E-state index contributed by atoms with van der Waals surface area (Å²) in [6.07, 6.45) is 0.656. The van der Waals surface area contributed by atoms with Crippen LogP contribution in [0.15, 0.2) is 28.3 Å². The van der Waals surface area contributed by atoms with Gasteiger partial charge in [-0.25, -0.2) is 0 Å². The van der Waals surface area contributed by atoms with Gasteiger partial charge in [-0.1, -0.05) is 40.8 Å². The number of para-hydroxylation sites is 1. The molecule has 1 rings (SSSR count). The number of nitrogens with two attached hydrogens (primary N) is 1. The standard InChI is InChI=1S/C13H17IN2O/c1-9(17)13(16-2)7-10(8-14)11-5-3-4-6-12(11)15/h3-6,8,13,16H,7,15H2,1-2H3/b10-8-. The van der Waals surface area contributed by atoms with E-state index in [1.54, 1.807) is 14.0 Å². The van der Waals surface area contributed by atoms with E-state index < -0.39 is 0 Å². The van der Waals surface area contributed by atoms with Crippen molar-refractivity contribution in [1.29, 1.82) is 0 Å². The molecule has 1 unspecified atom stereocenters. The minimum atomic E-state index is -0.157. The van der Waals surface area contributed by atoms with Crippen molar-refractivity contribution in [2.75, 3.05) is 12.8 Å². The van der Waals surface area contributed by atoms with E-state index in [1.807, 2.05) is 28.3 Å². The van der Waals surface area contributed by atoms with Gasteiger partial charge in [0.2, 0.25) is 0 Å². The highest BCUT2D eigenvalue weighted by Crippen LogP contribution is 2.26. The number of hydrogen-bond donors (Lipinski definition) is 2. The zero-order chi connectivity index (χ0) is 12.8. The summed E-state index contributed by atoms with van der Waals surface area (Å²) in [6.45, 7) is 1.60. The second-order valence-corrected chi connectivity index (χ2v) is 4.50. The van der Waals surface area contributed by atoms with E-state index in [9.17, 15) is 4.79 Å². The second kappa shape index (κ2) is 6.76. The third-order valence-electron chi connectivity index (χ3n) is 2.70. The van der Waals surface area contributed by atoms with Crippen molar-refractivity contribution in [3.05, 3.63) is 33.9 Å². The number of rotatable bonds is 5. The van der Waals surface area contributed by atoms with Crippen LogP contribution in [0.1, 0.15) is 18.9 Å². The monoisotopic (exact) mass is 344 g/mol. The van der Waals surface area contributed by atoms with Gasteiger partial charge in [-0.2, -0.15) is 0 Å². The predicted octanol–water partition coefficient (Wildman–Crippen LogP) is 2.61. The van der Waals surface area contributed by atoms with E-state index in [2.05, 4.69) is 27.9 Å². The molecule has 0 fully saturated rings. The van der Waals surface area contributed by atoms with Crippen molar-refractivity contribution in [3.63, 3.8) is 0 Å². The smallest absolute Gasteiger partial charge is 0.147 e. The average Bonchev–Trinajstić information content (AvgIpc) is 2.31. The highest BCUT2D eigenvalue weighted by Gasteiger charge is 2.15. The Kier molecular flexibility index (Phi) is 5.64. The van der Waals surface area contributed by atoms with Crippen LogP contribution in [-0.4, -0.2) is 18.9 Å². The second-order valence-electron chi connectivity index (χ2n) is 3.88. The lowest BCUT2D eigenvalue weighted by atomic mass is 9.97. The molecule has 0 saturated carbocycles. The van der Waals surface area contributed by atoms with Gasteiger partial charge in [0.1, 0.15) is 5.78 Å². The number of carbonyl (C=O) groups is 1. The Morgan fingerprint density at radius 2 is 2.18 bits per heavy atom. The number of nitrogens with one attached hydrogen (secondary N) is 1. The Morgan fingerprint density at radius 3 is 2.65 bits per heavy atom. The Labute approximate surface area is 116 Å². The van der Waals surface area contributed by atoms with Crippen LogP contribution in [0.3, 0.4) is 0 Å². The number of carbonyl (C=O) groups excluding carboxylic acids is 1. The van der Waals surface area contributed by atoms with Gasteiger partial charge in [0.25, 0.3) is 0 Å². The van der Waals surface area contributed by atoms with Crippen LogP contribution in [0.5, 0.6) is 0 Å². The first-order chi connectivity index (χ1) is 8.10. The van der Waals surface area contributed by atoms with E-state index in [0.29, 0.717) is 6.42 Å². The molecule has 0 aliphatic rings. The molecule has 0 aliphatic carbocycles. The van der Waals surface area contributed by atoms with Crippen LogP contribution in [-0.2, 0) is 4.79 Å². The number of Topliss-reactive ketones (excluding diaryl/α,β-unsaturated/α-hetero) is 1. The SMILES string of the molecule is CNC(C/C(=C/I)c1ccccc1N)C(C)=O. The molecule has 0 amide bonds. The first-order valence-corrected chi connectivity index (χ1v) is 6.66. The first kappa shape index (κ1) is 14.2. The quantitative estimate of drug-likeness (QED) is 0.638. The summed E-state index contributed by atoms with van der Waals surface area (Å²) >= 11 is 2.19. The minimum absolute atomic E-state index is 0.137. The molecule has 0 aromatic heterocycles. The lowest BCUT2D eigenvalue weighted by molar-refractivity contribution is -0.118. The molecule has 1 aromatic rings. The molecule has 92 valence electrons. The van der Waals surface area contributed by atoms with Crippen LogP contribution >= 0.6 is 22.6 Å². The van der Waals surface area contributed by atoms with Gasteiger partial charge in [0.05, 0.1) is 6.04 Å². The number of halogens is 1. The molecule has 4 heteroatoms. The Bertz CT molecular complexity index is 429. The number of hydrogen-bond acceptors (Lipinski definition) is 3. The van der Waals surface area contributed by atoms with Crippen molar-refractivity contribution in [2.45, 2.75) is 19.4 Å². The van der Waals surface area contributed by atoms with E-state index in [0.717, 1.165) is 16.8 Å². The lowest BCUT2D eigenvalue weighted by Crippen LogP contribution is -2.32. The topological polar surface area (TPSA) is 55.1 Å². The van der Waals surface area contributed by atoms with Gasteiger partial charge in [-0.3, -0.25) is 4.79 Å². The molecule has 1 aromatic carbocycles. The normalized spacial score (nSPS) is 13.5. The molecule has 3 N–H and O–H groups in total. The third-order valence-corrected chi connectivity index (χ3v) is 3.45. The number of likely N-dealkylation sites (N-methyl/N-ethyl adjacent to an activating group) is 1. The zero-order valence-electron chi connectivity index (χ0n) is 10.0. The third kappa shape index (κ3) is 3.81. The predicted molar refractivity (Wildman–Crippen MR) is 81.0 cm³/mol. The zero-order valence-corrected chi connectivity index (χ0v) is 12.2. The van der Waals surface area contributed by atoms with Gasteiger partial charge in [-0.15, -0.1) is 0 Å². The molecule has 1 atom stereocenters. The van der Waals surface area contributed by atoms with Crippen molar-refractivity contribution < 1.29 is 4.79 Å². The Balaban J connectivity index is 2.95. The molecule has 0 aliphatic heterocycles. The summed E-state index contributed by atoms with van der Waals surface area (Å²) in [7, 11) is 1.80. The number of ketones is 1. The van der Waals surface area contributed by atoms with E-state index in [4.69, 9.17) is 5.73 Å². The molecule has 0 radical (unpaired) electrons. The summed E-state index contributed by atoms with van der Waals surface area (Å²) in [5, 5.41) is 3.02. The first-order valence-electron chi connectivity index (χ1n) is 5.42. The molecule has 0 spiro atoms. The largest absolute Gasteiger partial charge is 0.398 e. The fourth-order valence-corrected chi connectivity index (χ4v) is 2.26. The van der Waals surface area contributed by atoms with Gasteiger partial charge < -0.3 is 11.1 Å². The van der Waals surface area contributed by atoms with E-state index >= 15 is 0 Å². The highest BCUT2D eigenvalue weighted by atomic mass is 127. The Hall–Kier alpha value is -0.880. The molecule has 0 bridgehead atoms. The van der Waals surface area contributed by atoms with Crippen molar-refractivity contribution in [2.24, 2.45) is 0 Å². The molecule has 0 heterocycles. The van der Waals surface area contributed by atoms with Crippen LogP contribution in [0.2, 0.25) is 0 Å². The van der Waals surface area contributed by atoms with Crippen molar-refractivity contribution in [3.8, 4) is 0 Å². The lowest BCUT2D eigenvalue weighted by Gasteiger charge is -2.16. The summed E-state index contributed by atoms with van der Waals surface area (Å²) in [5.74, 6) is 0.137. The van der Waals surface area contributed by atoms with Crippen molar-refractivity contribution in [1.82, 2.24) is 5.32 Å². The van der Waals surface area contributed by atoms with Gasteiger partial charge in [-0.05, 0) is 36.1 Å². The number of anilines is 1. The summed E-state index contributed by atoms with van der Waals surface area (Å²) in [4.78, 5) is 11.4. The van der Waals surface area contributed by atoms with Crippen LogP contribution in [0, 0.1) is 0 Å². The van der Waals surface area contributed by atoms with E-state index in [-0.39, 0.29) is 11.8 Å².